The van der Waals surface area contributed by atoms with Crippen LogP contribution in [0.4, 0.5) is 0 Å². The predicted octanol–water partition coefficient (Wildman–Crippen LogP) is 4.15. The molecule has 1 fully saturated rings. The highest BCUT2D eigenvalue weighted by Gasteiger charge is 2.16. The number of phenols is 1. The average Bonchev–Trinajstić information content (AvgIpc) is 2.40. The lowest BCUT2D eigenvalue weighted by atomic mass is 9.86. The van der Waals surface area contributed by atoms with Gasteiger partial charge in [-0.1, -0.05) is 52.2 Å². The molecule has 1 aliphatic carbocycles. The van der Waals surface area contributed by atoms with Crippen molar-refractivity contribution in [3.05, 3.63) is 29.3 Å². The number of phenolic OH excluding ortho intramolecular Hbond substituents is 1. The van der Waals surface area contributed by atoms with Gasteiger partial charge in [-0.2, -0.15) is 0 Å². The van der Waals surface area contributed by atoms with Gasteiger partial charge in [0, 0.05) is 6.04 Å². The van der Waals surface area contributed by atoms with E-state index in [0.717, 1.165) is 18.5 Å². The summed E-state index contributed by atoms with van der Waals surface area (Å²) in [5, 5.41) is 13.8. The van der Waals surface area contributed by atoms with Gasteiger partial charge in [-0.3, -0.25) is 0 Å². The van der Waals surface area contributed by atoms with E-state index in [1.54, 1.807) is 0 Å². The second kappa shape index (κ2) is 6.62. The summed E-state index contributed by atoms with van der Waals surface area (Å²) in [6.07, 6.45) is 7.66. The molecule has 0 aromatic heterocycles. The fourth-order valence-corrected chi connectivity index (χ4v) is 2.96. The number of nitrogens with one attached hydrogen (secondary N) is 1. The van der Waals surface area contributed by atoms with Crippen LogP contribution < -0.4 is 5.32 Å². The second-order valence-electron chi connectivity index (χ2n) is 7.13. The maximum absolute atomic E-state index is 10.2. The zero-order valence-electron chi connectivity index (χ0n) is 13.2. The van der Waals surface area contributed by atoms with Crippen molar-refractivity contribution in [2.24, 2.45) is 0 Å². The Morgan fingerprint density at radius 3 is 2.45 bits per heavy atom. The van der Waals surface area contributed by atoms with E-state index in [4.69, 9.17) is 0 Å². The Kier molecular flexibility index (Phi) is 5.09. The Hall–Kier alpha value is -1.02. The topological polar surface area (TPSA) is 32.3 Å². The second-order valence-corrected chi connectivity index (χ2v) is 7.13. The fourth-order valence-electron chi connectivity index (χ4n) is 2.96. The van der Waals surface area contributed by atoms with Crippen LogP contribution in [0.1, 0.15) is 64.0 Å². The summed E-state index contributed by atoms with van der Waals surface area (Å²) in [7, 11) is 0. The van der Waals surface area contributed by atoms with Crippen LogP contribution >= 0.6 is 0 Å². The summed E-state index contributed by atoms with van der Waals surface area (Å²) >= 11 is 0. The molecule has 0 amide bonds. The third-order valence-electron chi connectivity index (χ3n) is 4.38. The summed E-state index contributed by atoms with van der Waals surface area (Å²) in [6, 6.07) is 6.85. The van der Waals surface area contributed by atoms with Crippen LogP contribution in [0.15, 0.2) is 18.2 Å². The van der Waals surface area contributed by atoms with Gasteiger partial charge in [0.25, 0.3) is 0 Å². The van der Waals surface area contributed by atoms with Gasteiger partial charge in [-0.25, -0.2) is 0 Å². The van der Waals surface area contributed by atoms with Crippen LogP contribution in [0.3, 0.4) is 0 Å². The monoisotopic (exact) mass is 275 g/mol. The van der Waals surface area contributed by atoms with Crippen LogP contribution in [0.5, 0.6) is 5.75 Å². The minimum atomic E-state index is 0.0936. The van der Waals surface area contributed by atoms with Crippen molar-refractivity contribution in [1.82, 2.24) is 5.32 Å². The van der Waals surface area contributed by atoms with E-state index < -0.39 is 0 Å². The first kappa shape index (κ1) is 15.4. The van der Waals surface area contributed by atoms with Gasteiger partial charge in [-0.05, 0) is 48.4 Å². The fraction of sp³-hybridized carbons (Fsp3) is 0.667. The SMILES string of the molecule is CC(C)(C)c1ccc(CCNC2CCCCC2)c(O)c1. The van der Waals surface area contributed by atoms with Crippen molar-refractivity contribution in [3.63, 3.8) is 0 Å². The molecule has 1 saturated carbocycles. The van der Waals surface area contributed by atoms with Crippen LogP contribution in [0.2, 0.25) is 0 Å². The first-order chi connectivity index (χ1) is 9.47. The molecule has 1 aromatic rings. The average molecular weight is 275 g/mol. The number of hydrogen-bond acceptors (Lipinski definition) is 2. The van der Waals surface area contributed by atoms with Gasteiger partial charge in [0.1, 0.15) is 5.75 Å². The lowest BCUT2D eigenvalue weighted by Crippen LogP contribution is -2.32. The van der Waals surface area contributed by atoms with Crippen molar-refractivity contribution in [3.8, 4) is 5.75 Å². The van der Waals surface area contributed by atoms with Crippen molar-refractivity contribution >= 4 is 0 Å². The van der Waals surface area contributed by atoms with E-state index in [1.165, 1.54) is 37.7 Å². The largest absolute Gasteiger partial charge is 0.508 e. The molecule has 0 aliphatic heterocycles. The molecule has 1 aromatic carbocycles. The molecule has 0 unspecified atom stereocenters. The van der Waals surface area contributed by atoms with Crippen LogP contribution in [0.25, 0.3) is 0 Å². The van der Waals surface area contributed by atoms with E-state index in [0.29, 0.717) is 11.8 Å². The van der Waals surface area contributed by atoms with E-state index in [-0.39, 0.29) is 5.41 Å². The quantitative estimate of drug-likeness (QED) is 0.865. The molecule has 0 heterocycles. The standard InChI is InChI=1S/C18H29NO/c1-18(2,3)15-10-9-14(17(20)13-15)11-12-19-16-7-5-4-6-8-16/h9-10,13,16,19-20H,4-8,11-12H2,1-3H3. The Balaban J connectivity index is 1.86. The normalized spacial score (nSPS) is 17.4. The van der Waals surface area contributed by atoms with Gasteiger partial charge in [0.2, 0.25) is 0 Å². The smallest absolute Gasteiger partial charge is 0.119 e. The molecule has 2 rings (SSSR count). The molecule has 2 N–H and O–H groups in total. The van der Waals surface area contributed by atoms with E-state index >= 15 is 0 Å². The summed E-state index contributed by atoms with van der Waals surface area (Å²) in [5.74, 6) is 0.447. The summed E-state index contributed by atoms with van der Waals surface area (Å²) < 4.78 is 0. The highest BCUT2D eigenvalue weighted by atomic mass is 16.3. The molecule has 2 nitrogen and oxygen atoms in total. The molecule has 0 atom stereocenters. The van der Waals surface area contributed by atoms with Gasteiger partial charge >= 0.3 is 0 Å². The molecule has 20 heavy (non-hydrogen) atoms. The van der Waals surface area contributed by atoms with E-state index in [2.05, 4.69) is 38.2 Å². The molecular formula is C18H29NO. The highest BCUT2D eigenvalue weighted by Crippen LogP contribution is 2.28. The summed E-state index contributed by atoms with van der Waals surface area (Å²) in [5.41, 5.74) is 2.34. The molecule has 112 valence electrons. The Morgan fingerprint density at radius 2 is 1.85 bits per heavy atom. The third-order valence-corrected chi connectivity index (χ3v) is 4.38. The Morgan fingerprint density at radius 1 is 1.15 bits per heavy atom. The zero-order chi connectivity index (χ0) is 14.6. The maximum atomic E-state index is 10.2. The van der Waals surface area contributed by atoms with Gasteiger partial charge in [0.15, 0.2) is 0 Å². The van der Waals surface area contributed by atoms with E-state index in [9.17, 15) is 5.11 Å². The number of rotatable bonds is 4. The molecular weight excluding hydrogens is 246 g/mol. The third kappa shape index (κ3) is 4.24. The molecule has 0 saturated heterocycles. The van der Waals surface area contributed by atoms with Crippen molar-refractivity contribution in [1.29, 1.82) is 0 Å². The van der Waals surface area contributed by atoms with Crippen molar-refractivity contribution in [2.75, 3.05) is 6.54 Å². The van der Waals surface area contributed by atoms with Crippen LogP contribution in [0, 0.1) is 0 Å². The lowest BCUT2D eigenvalue weighted by Gasteiger charge is -2.23. The van der Waals surface area contributed by atoms with E-state index in [1.807, 2.05) is 6.07 Å². The zero-order valence-corrected chi connectivity index (χ0v) is 13.2. The molecule has 2 heteroatoms. The van der Waals surface area contributed by atoms with Crippen molar-refractivity contribution in [2.45, 2.75) is 70.8 Å². The van der Waals surface area contributed by atoms with Gasteiger partial charge < -0.3 is 10.4 Å². The summed E-state index contributed by atoms with van der Waals surface area (Å²) in [6.45, 7) is 7.48. The lowest BCUT2D eigenvalue weighted by molar-refractivity contribution is 0.374. The molecule has 0 radical (unpaired) electrons. The highest BCUT2D eigenvalue weighted by molar-refractivity contribution is 5.39. The number of benzene rings is 1. The Bertz CT molecular complexity index is 428. The van der Waals surface area contributed by atoms with Crippen LogP contribution in [-0.4, -0.2) is 17.7 Å². The Labute approximate surface area is 123 Å². The minimum absolute atomic E-state index is 0.0936. The molecule has 1 aliphatic rings. The van der Waals surface area contributed by atoms with Crippen LogP contribution in [-0.2, 0) is 11.8 Å². The first-order valence-electron chi connectivity index (χ1n) is 8.02. The predicted molar refractivity (Wildman–Crippen MR) is 85.4 cm³/mol. The van der Waals surface area contributed by atoms with Gasteiger partial charge in [-0.15, -0.1) is 0 Å². The number of hydrogen-bond donors (Lipinski definition) is 2. The first-order valence-corrected chi connectivity index (χ1v) is 8.02. The minimum Gasteiger partial charge on any atom is -0.508 e. The number of aromatic hydroxyl groups is 1. The summed E-state index contributed by atoms with van der Waals surface area (Å²) in [4.78, 5) is 0. The van der Waals surface area contributed by atoms with Crippen molar-refractivity contribution < 1.29 is 5.11 Å². The molecule has 0 spiro atoms. The van der Waals surface area contributed by atoms with Gasteiger partial charge in [0.05, 0.1) is 0 Å². The molecule has 0 bridgehead atoms. The maximum Gasteiger partial charge on any atom is 0.119 e.